The molecule has 5 heteroatoms. The molecule has 3 aliphatic rings. The number of amides is 1. The lowest BCUT2D eigenvalue weighted by atomic mass is 10.0. The van der Waals surface area contributed by atoms with Crippen molar-refractivity contribution in [2.24, 2.45) is 5.92 Å². The normalized spacial score (nSPS) is 22.6. The number of aryl methyl sites for hydroxylation is 1. The van der Waals surface area contributed by atoms with Gasteiger partial charge in [0, 0.05) is 51.0 Å². The summed E-state index contributed by atoms with van der Waals surface area (Å²) in [5, 5.41) is 0. The van der Waals surface area contributed by atoms with Crippen LogP contribution in [0, 0.1) is 5.92 Å². The van der Waals surface area contributed by atoms with Crippen molar-refractivity contribution in [3.8, 4) is 0 Å². The molecule has 0 radical (unpaired) electrons. The Kier molecular flexibility index (Phi) is 5.23. The fourth-order valence-electron chi connectivity index (χ4n) is 4.45. The fourth-order valence-corrected chi connectivity index (χ4v) is 4.45. The van der Waals surface area contributed by atoms with Gasteiger partial charge in [0.2, 0.25) is 5.91 Å². The second-order valence-corrected chi connectivity index (χ2v) is 7.79. The van der Waals surface area contributed by atoms with Gasteiger partial charge in [-0.25, -0.2) is 9.97 Å². The quantitative estimate of drug-likeness (QED) is 0.780. The predicted molar refractivity (Wildman–Crippen MR) is 103 cm³/mol. The van der Waals surface area contributed by atoms with Gasteiger partial charge in [0.05, 0.1) is 5.69 Å². The topological polar surface area (TPSA) is 49.3 Å². The molecule has 1 aromatic rings. The third-order valence-electron chi connectivity index (χ3n) is 5.99. The van der Waals surface area contributed by atoms with E-state index in [9.17, 15) is 4.79 Å². The van der Waals surface area contributed by atoms with E-state index in [4.69, 9.17) is 9.97 Å². The number of nitrogens with zero attached hydrogens (tertiary/aromatic N) is 4. The molecule has 1 aromatic heterocycles. The molecule has 0 saturated carbocycles. The van der Waals surface area contributed by atoms with E-state index in [0.717, 1.165) is 69.9 Å². The summed E-state index contributed by atoms with van der Waals surface area (Å²) >= 11 is 0. The summed E-state index contributed by atoms with van der Waals surface area (Å²) < 4.78 is 0. The van der Waals surface area contributed by atoms with Crippen LogP contribution in [0.4, 0.5) is 5.82 Å². The first-order chi connectivity index (χ1) is 12.7. The summed E-state index contributed by atoms with van der Waals surface area (Å²) in [6.07, 6.45) is 12.5. The number of allylic oxidation sites excluding steroid dienone is 2. The number of carbonyl (C=O) groups is 1. The minimum atomic E-state index is 0.306. The van der Waals surface area contributed by atoms with Gasteiger partial charge in [-0.15, -0.1) is 0 Å². The van der Waals surface area contributed by atoms with Crippen LogP contribution in [-0.4, -0.2) is 47.0 Å². The molecular formula is C21H30N4O. The van der Waals surface area contributed by atoms with Crippen LogP contribution >= 0.6 is 0 Å². The molecule has 1 aliphatic carbocycles. The molecule has 5 nitrogen and oxygen atoms in total. The molecule has 1 fully saturated rings. The molecule has 0 aromatic carbocycles. The van der Waals surface area contributed by atoms with Gasteiger partial charge in [-0.05, 0) is 38.0 Å². The number of anilines is 1. The van der Waals surface area contributed by atoms with Crippen LogP contribution in [0.3, 0.4) is 0 Å². The van der Waals surface area contributed by atoms with Gasteiger partial charge >= 0.3 is 0 Å². The monoisotopic (exact) mass is 354 g/mol. The highest BCUT2D eigenvalue weighted by molar-refractivity contribution is 5.77. The Balaban J connectivity index is 1.52. The van der Waals surface area contributed by atoms with E-state index in [1.807, 2.05) is 0 Å². The Morgan fingerprint density at radius 2 is 1.96 bits per heavy atom. The van der Waals surface area contributed by atoms with E-state index in [0.29, 0.717) is 18.2 Å². The van der Waals surface area contributed by atoms with E-state index in [1.54, 1.807) is 0 Å². The van der Waals surface area contributed by atoms with Crippen LogP contribution in [0.5, 0.6) is 0 Å². The zero-order valence-electron chi connectivity index (χ0n) is 15.9. The van der Waals surface area contributed by atoms with Gasteiger partial charge in [-0.3, -0.25) is 4.79 Å². The van der Waals surface area contributed by atoms with E-state index in [1.165, 1.54) is 24.1 Å². The van der Waals surface area contributed by atoms with Crippen LogP contribution in [0.25, 0.3) is 0 Å². The van der Waals surface area contributed by atoms with Crippen molar-refractivity contribution in [3.05, 3.63) is 29.2 Å². The molecule has 2 aliphatic heterocycles. The zero-order chi connectivity index (χ0) is 17.9. The van der Waals surface area contributed by atoms with Crippen molar-refractivity contribution >= 4 is 11.7 Å². The number of carbonyl (C=O) groups excluding carboxylic acids is 1. The van der Waals surface area contributed by atoms with Crippen molar-refractivity contribution in [2.45, 2.75) is 58.3 Å². The molecule has 1 amide bonds. The second-order valence-electron chi connectivity index (χ2n) is 7.79. The fraction of sp³-hybridized carbons (Fsp3) is 0.667. The van der Waals surface area contributed by atoms with E-state index in [2.05, 4.69) is 28.9 Å². The Hall–Kier alpha value is -1.91. The van der Waals surface area contributed by atoms with Gasteiger partial charge in [0.15, 0.2) is 0 Å². The van der Waals surface area contributed by atoms with Crippen LogP contribution in [-0.2, 0) is 24.1 Å². The SMILES string of the molecule is CCc1nc2c(c(N3CCCC3)n1)CCN(C(=O)C[C@H]1C=CCC1)CC2. The maximum absolute atomic E-state index is 12.8. The summed E-state index contributed by atoms with van der Waals surface area (Å²) in [7, 11) is 0. The lowest BCUT2D eigenvalue weighted by molar-refractivity contribution is -0.131. The van der Waals surface area contributed by atoms with E-state index in [-0.39, 0.29) is 0 Å². The average Bonchev–Trinajstić information content (AvgIpc) is 3.32. The standard InChI is InChI=1S/C21H30N4O/c1-2-19-22-18-10-14-24(20(26)15-16-7-3-4-8-16)13-9-17(18)21(23-19)25-11-5-6-12-25/h3,7,16H,2,4-6,8-15H2,1H3/t16-/m0/s1. The maximum Gasteiger partial charge on any atom is 0.223 e. The third kappa shape index (κ3) is 3.62. The third-order valence-corrected chi connectivity index (χ3v) is 5.99. The van der Waals surface area contributed by atoms with Gasteiger partial charge in [0.25, 0.3) is 0 Å². The molecule has 0 unspecified atom stereocenters. The predicted octanol–water partition coefficient (Wildman–Crippen LogP) is 2.92. The average molecular weight is 354 g/mol. The first-order valence-corrected chi connectivity index (χ1v) is 10.3. The molecule has 1 saturated heterocycles. The molecule has 3 heterocycles. The number of fused-ring (bicyclic) bond motifs is 1. The Bertz CT molecular complexity index is 693. The molecule has 0 N–H and O–H groups in total. The summed E-state index contributed by atoms with van der Waals surface area (Å²) in [6.45, 7) is 5.92. The highest BCUT2D eigenvalue weighted by atomic mass is 16.2. The zero-order valence-corrected chi connectivity index (χ0v) is 15.9. The van der Waals surface area contributed by atoms with Crippen LogP contribution < -0.4 is 4.90 Å². The minimum absolute atomic E-state index is 0.306. The van der Waals surface area contributed by atoms with Gasteiger partial charge in [-0.1, -0.05) is 19.1 Å². The van der Waals surface area contributed by atoms with Crippen molar-refractivity contribution < 1.29 is 4.79 Å². The number of aromatic nitrogens is 2. The molecule has 0 spiro atoms. The lowest BCUT2D eigenvalue weighted by Crippen LogP contribution is -2.34. The van der Waals surface area contributed by atoms with Gasteiger partial charge in [-0.2, -0.15) is 0 Å². The summed E-state index contributed by atoms with van der Waals surface area (Å²) in [4.78, 5) is 27.0. The van der Waals surface area contributed by atoms with Crippen LogP contribution in [0.1, 0.15) is 56.1 Å². The summed E-state index contributed by atoms with van der Waals surface area (Å²) in [5.74, 6) is 2.85. The smallest absolute Gasteiger partial charge is 0.223 e. The molecule has 140 valence electrons. The van der Waals surface area contributed by atoms with Gasteiger partial charge in [0.1, 0.15) is 11.6 Å². The number of hydrogen-bond donors (Lipinski definition) is 0. The van der Waals surface area contributed by atoms with Crippen LogP contribution in [0.2, 0.25) is 0 Å². The molecule has 4 rings (SSSR count). The highest BCUT2D eigenvalue weighted by Crippen LogP contribution is 2.28. The largest absolute Gasteiger partial charge is 0.356 e. The molecular weight excluding hydrogens is 324 g/mol. The lowest BCUT2D eigenvalue weighted by Gasteiger charge is -2.22. The Morgan fingerprint density at radius 1 is 1.15 bits per heavy atom. The summed E-state index contributed by atoms with van der Waals surface area (Å²) in [5.41, 5.74) is 2.47. The first kappa shape index (κ1) is 17.5. The van der Waals surface area contributed by atoms with E-state index < -0.39 is 0 Å². The Labute approximate surface area is 156 Å². The number of hydrogen-bond acceptors (Lipinski definition) is 4. The van der Waals surface area contributed by atoms with Crippen molar-refractivity contribution in [3.63, 3.8) is 0 Å². The summed E-state index contributed by atoms with van der Waals surface area (Å²) in [6, 6.07) is 0. The molecule has 1 atom stereocenters. The number of rotatable bonds is 4. The van der Waals surface area contributed by atoms with Crippen LogP contribution in [0.15, 0.2) is 12.2 Å². The first-order valence-electron chi connectivity index (χ1n) is 10.3. The van der Waals surface area contributed by atoms with Crippen molar-refractivity contribution in [1.82, 2.24) is 14.9 Å². The van der Waals surface area contributed by atoms with E-state index >= 15 is 0 Å². The van der Waals surface area contributed by atoms with Gasteiger partial charge < -0.3 is 9.80 Å². The minimum Gasteiger partial charge on any atom is -0.356 e. The molecule has 26 heavy (non-hydrogen) atoms. The molecule has 0 bridgehead atoms. The maximum atomic E-state index is 12.8. The highest BCUT2D eigenvalue weighted by Gasteiger charge is 2.27. The Morgan fingerprint density at radius 3 is 2.69 bits per heavy atom. The second kappa shape index (κ2) is 7.77. The van der Waals surface area contributed by atoms with Crippen molar-refractivity contribution in [2.75, 3.05) is 31.1 Å². The van der Waals surface area contributed by atoms with Crippen molar-refractivity contribution in [1.29, 1.82) is 0 Å².